The molecule has 2 unspecified atom stereocenters. The largest absolute Gasteiger partial charge is 0.490 e. The third kappa shape index (κ3) is 4.30. The summed E-state index contributed by atoms with van der Waals surface area (Å²) < 4.78 is 19.3. The van der Waals surface area contributed by atoms with E-state index in [4.69, 9.17) is 4.74 Å². The highest BCUT2D eigenvalue weighted by Crippen LogP contribution is 2.22. The van der Waals surface area contributed by atoms with Crippen LogP contribution in [-0.2, 0) is 0 Å². The van der Waals surface area contributed by atoms with Gasteiger partial charge in [-0.1, -0.05) is 33.3 Å². The van der Waals surface area contributed by atoms with Crippen molar-refractivity contribution >= 4 is 0 Å². The number of hydrogen-bond donors (Lipinski definition) is 1. The van der Waals surface area contributed by atoms with Crippen molar-refractivity contribution in [2.45, 2.75) is 40.2 Å². The van der Waals surface area contributed by atoms with Crippen molar-refractivity contribution in [1.29, 1.82) is 0 Å². The Kier molecular flexibility index (Phi) is 6.13. The van der Waals surface area contributed by atoms with Crippen LogP contribution in [0.2, 0.25) is 0 Å². The lowest BCUT2D eigenvalue weighted by atomic mass is 10.1. The summed E-state index contributed by atoms with van der Waals surface area (Å²) >= 11 is 0. The minimum atomic E-state index is -0.277. The first kappa shape index (κ1) is 15.0. The molecule has 0 fully saturated rings. The molecule has 0 saturated carbocycles. The number of benzene rings is 1. The third-order valence-electron chi connectivity index (χ3n) is 3.19. The fourth-order valence-corrected chi connectivity index (χ4v) is 1.68. The van der Waals surface area contributed by atoms with Crippen molar-refractivity contribution in [3.63, 3.8) is 0 Å². The van der Waals surface area contributed by atoms with Gasteiger partial charge in [-0.25, -0.2) is 4.39 Å². The lowest BCUT2D eigenvalue weighted by Gasteiger charge is -2.15. The normalized spacial score (nSPS) is 14.3. The van der Waals surface area contributed by atoms with E-state index in [0.29, 0.717) is 18.3 Å². The van der Waals surface area contributed by atoms with Gasteiger partial charge in [-0.15, -0.1) is 0 Å². The second-order valence-electron chi connectivity index (χ2n) is 4.79. The van der Waals surface area contributed by atoms with E-state index in [0.717, 1.165) is 18.5 Å². The quantitative estimate of drug-likeness (QED) is 0.795. The lowest BCUT2D eigenvalue weighted by Crippen LogP contribution is -2.17. The third-order valence-corrected chi connectivity index (χ3v) is 3.19. The van der Waals surface area contributed by atoms with Crippen LogP contribution in [0.15, 0.2) is 18.2 Å². The molecule has 1 N–H and O–H groups in total. The first-order chi connectivity index (χ1) is 8.58. The zero-order valence-electron chi connectivity index (χ0n) is 11.8. The Balaban J connectivity index is 2.67. The Bertz CT molecular complexity index is 368. The molecule has 0 heterocycles. The molecule has 0 amide bonds. The second kappa shape index (κ2) is 7.37. The van der Waals surface area contributed by atoms with Crippen LogP contribution in [0.1, 0.15) is 45.7 Å². The molecule has 102 valence electrons. The summed E-state index contributed by atoms with van der Waals surface area (Å²) in [6.45, 7) is 9.70. The average Bonchev–Trinajstić information content (AvgIpc) is 2.37. The van der Waals surface area contributed by atoms with Gasteiger partial charge in [0.1, 0.15) is 0 Å². The average molecular weight is 253 g/mol. The Morgan fingerprint density at radius 3 is 2.56 bits per heavy atom. The van der Waals surface area contributed by atoms with Crippen molar-refractivity contribution < 1.29 is 9.13 Å². The van der Waals surface area contributed by atoms with Crippen LogP contribution in [0.4, 0.5) is 4.39 Å². The Hall–Kier alpha value is -1.09. The van der Waals surface area contributed by atoms with Gasteiger partial charge in [-0.05, 0) is 37.1 Å². The van der Waals surface area contributed by atoms with Gasteiger partial charge in [0, 0.05) is 6.04 Å². The molecular formula is C15H24FNO. The maximum absolute atomic E-state index is 13.9. The van der Waals surface area contributed by atoms with Gasteiger partial charge in [-0.3, -0.25) is 0 Å². The van der Waals surface area contributed by atoms with Crippen molar-refractivity contribution in [2.75, 3.05) is 13.2 Å². The van der Waals surface area contributed by atoms with Gasteiger partial charge in [0.2, 0.25) is 0 Å². The minimum absolute atomic E-state index is 0.160. The molecule has 1 rings (SSSR count). The van der Waals surface area contributed by atoms with Gasteiger partial charge in [0.15, 0.2) is 11.6 Å². The van der Waals surface area contributed by atoms with Crippen molar-refractivity contribution in [3.8, 4) is 5.75 Å². The standard InChI is InChI=1S/C15H24FNO/c1-5-11(3)10-18-15-8-7-13(9-14(15)16)12(4)17-6-2/h7-9,11-12,17H,5-6,10H2,1-4H3. The zero-order chi connectivity index (χ0) is 13.5. The van der Waals surface area contributed by atoms with E-state index in [1.54, 1.807) is 12.1 Å². The van der Waals surface area contributed by atoms with Crippen LogP contribution >= 0.6 is 0 Å². The highest BCUT2D eigenvalue weighted by atomic mass is 19.1. The number of hydrogen-bond acceptors (Lipinski definition) is 2. The molecule has 1 aromatic carbocycles. The Morgan fingerprint density at radius 1 is 1.28 bits per heavy atom. The van der Waals surface area contributed by atoms with Crippen LogP contribution in [-0.4, -0.2) is 13.2 Å². The van der Waals surface area contributed by atoms with E-state index >= 15 is 0 Å². The van der Waals surface area contributed by atoms with E-state index in [-0.39, 0.29) is 11.9 Å². The van der Waals surface area contributed by atoms with Crippen LogP contribution in [0.25, 0.3) is 0 Å². The molecule has 0 aliphatic carbocycles. The molecule has 0 radical (unpaired) electrons. The summed E-state index contributed by atoms with van der Waals surface area (Å²) in [7, 11) is 0. The van der Waals surface area contributed by atoms with E-state index in [2.05, 4.69) is 19.2 Å². The van der Waals surface area contributed by atoms with Crippen molar-refractivity contribution in [2.24, 2.45) is 5.92 Å². The summed E-state index contributed by atoms with van der Waals surface area (Å²) in [5, 5.41) is 3.26. The molecule has 3 heteroatoms. The van der Waals surface area contributed by atoms with Gasteiger partial charge in [0.25, 0.3) is 0 Å². The van der Waals surface area contributed by atoms with Crippen LogP contribution < -0.4 is 10.1 Å². The molecule has 18 heavy (non-hydrogen) atoms. The lowest BCUT2D eigenvalue weighted by molar-refractivity contribution is 0.246. The molecule has 0 aromatic heterocycles. The van der Waals surface area contributed by atoms with Crippen molar-refractivity contribution in [1.82, 2.24) is 5.32 Å². The number of ether oxygens (including phenoxy) is 1. The fourth-order valence-electron chi connectivity index (χ4n) is 1.68. The van der Waals surface area contributed by atoms with Gasteiger partial charge in [0.05, 0.1) is 6.61 Å². The summed E-state index contributed by atoms with van der Waals surface area (Å²) in [6.07, 6.45) is 1.04. The number of nitrogens with one attached hydrogen (secondary N) is 1. The monoisotopic (exact) mass is 253 g/mol. The summed E-state index contributed by atoms with van der Waals surface area (Å²) in [5.41, 5.74) is 0.949. The molecule has 0 aliphatic rings. The van der Waals surface area contributed by atoms with Crippen molar-refractivity contribution in [3.05, 3.63) is 29.6 Å². The Labute approximate surface area is 110 Å². The first-order valence-electron chi connectivity index (χ1n) is 6.74. The van der Waals surface area contributed by atoms with E-state index in [1.807, 2.05) is 19.9 Å². The smallest absolute Gasteiger partial charge is 0.165 e. The van der Waals surface area contributed by atoms with Gasteiger partial charge < -0.3 is 10.1 Å². The van der Waals surface area contributed by atoms with Gasteiger partial charge in [-0.2, -0.15) is 0 Å². The molecule has 0 bridgehead atoms. The molecule has 0 spiro atoms. The topological polar surface area (TPSA) is 21.3 Å². The summed E-state index contributed by atoms with van der Waals surface area (Å²) in [6, 6.07) is 5.36. The first-order valence-corrected chi connectivity index (χ1v) is 6.74. The Morgan fingerprint density at radius 2 is 2.00 bits per heavy atom. The molecular weight excluding hydrogens is 229 g/mol. The van der Waals surface area contributed by atoms with Crippen LogP contribution in [0.3, 0.4) is 0 Å². The highest BCUT2D eigenvalue weighted by Gasteiger charge is 2.10. The van der Waals surface area contributed by atoms with E-state index < -0.39 is 0 Å². The van der Waals surface area contributed by atoms with E-state index in [1.165, 1.54) is 0 Å². The molecule has 0 saturated heterocycles. The molecule has 1 aromatic rings. The van der Waals surface area contributed by atoms with Crippen LogP contribution in [0, 0.1) is 11.7 Å². The maximum atomic E-state index is 13.9. The second-order valence-corrected chi connectivity index (χ2v) is 4.79. The highest BCUT2D eigenvalue weighted by molar-refractivity contribution is 5.30. The predicted molar refractivity (Wildman–Crippen MR) is 73.4 cm³/mol. The summed E-state index contributed by atoms with van der Waals surface area (Å²) in [5.74, 6) is 0.521. The zero-order valence-corrected chi connectivity index (χ0v) is 11.8. The maximum Gasteiger partial charge on any atom is 0.165 e. The SMILES string of the molecule is CCNC(C)c1ccc(OCC(C)CC)c(F)c1. The molecule has 0 aliphatic heterocycles. The van der Waals surface area contributed by atoms with Crippen LogP contribution in [0.5, 0.6) is 5.75 Å². The summed E-state index contributed by atoms with van der Waals surface area (Å²) in [4.78, 5) is 0. The molecule has 2 atom stereocenters. The predicted octanol–water partition coefficient (Wildman–Crippen LogP) is 3.92. The fraction of sp³-hybridized carbons (Fsp3) is 0.600. The number of halogens is 1. The molecule has 2 nitrogen and oxygen atoms in total. The van der Waals surface area contributed by atoms with Gasteiger partial charge >= 0.3 is 0 Å². The minimum Gasteiger partial charge on any atom is -0.490 e. The van der Waals surface area contributed by atoms with E-state index in [9.17, 15) is 4.39 Å². The number of rotatable bonds is 7.